The molecule has 0 saturated heterocycles. The molecule has 0 spiro atoms. The molecule has 3 N–H and O–H groups in total. The first kappa shape index (κ1) is 8.93. The van der Waals surface area contributed by atoms with Crippen molar-refractivity contribution in [3.05, 3.63) is 17.6 Å². The molecule has 0 amide bonds. The molecular formula is C8H14N4. The number of rotatable bonds is 2. The van der Waals surface area contributed by atoms with Crippen LogP contribution in [0.15, 0.2) is 6.07 Å². The van der Waals surface area contributed by atoms with E-state index in [2.05, 4.69) is 29.2 Å². The van der Waals surface area contributed by atoms with Gasteiger partial charge in [-0.3, -0.25) is 0 Å². The van der Waals surface area contributed by atoms with Gasteiger partial charge in [0.2, 0.25) is 0 Å². The third-order valence-corrected chi connectivity index (χ3v) is 1.60. The number of nitrogens with zero attached hydrogens (tertiary/aromatic N) is 2. The maximum absolute atomic E-state index is 5.25. The number of nitrogens with one attached hydrogen (secondary N) is 1. The summed E-state index contributed by atoms with van der Waals surface area (Å²) in [7, 11) is 0. The molecule has 4 nitrogen and oxygen atoms in total. The molecule has 4 heteroatoms. The summed E-state index contributed by atoms with van der Waals surface area (Å²) in [5.41, 5.74) is 3.52. The van der Waals surface area contributed by atoms with Gasteiger partial charge >= 0.3 is 0 Å². The molecule has 1 aromatic heterocycles. The van der Waals surface area contributed by atoms with E-state index in [-0.39, 0.29) is 0 Å². The molecule has 1 heterocycles. The Hall–Kier alpha value is -1.16. The van der Waals surface area contributed by atoms with Crippen LogP contribution in [0.2, 0.25) is 0 Å². The summed E-state index contributed by atoms with van der Waals surface area (Å²) in [5, 5.41) is 0. The van der Waals surface area contributed by atoms with Gasteiger partial charge in [0.25, 0.3) is 0 Å². The molecule has 0 bridgehead atoms. The second-order valence-corrected chi connectivity index (χ2v) is 3.02. The monoisotopic (exact) mass is 166 g/mol. The van der Waals surface area contributed by atoms with Crippen molar-refractivity contribution in [2.75, 3.05) is 5.43 Å². The molecule has 0 fully saturated rings. The summed E-state index contributed by atoms with van der Waals surface area (Å²) in [6.45, 7) is 6.02. The smallest absolute Gasteiger partial charge is 0.143 e. The van der Waals surface area contributed by atoms with Crippen LogP contribution in [0.3, 0.4) is 0 Å². The second kappa shape index (κ2) is 3.49. The summed E-state index contributed by atoms with van der Waals surface area (Å²) in [6, 6.07) is 1.86. The highest BCUT2D eigenvalue weighted by Crippen LogP contribution is 2.14. The average molecular weight is 166 g/mol. The molecule has 0 unspecified atom stereocenters. The lowest BCUT2D eigenvalue weighted by atomic mass is 10.1. The Morgan fingerprint density at radius 1 is 1.42 bits per heavy atom. The normalized spacial score (nSPS) is 10.4. The Labute approximate surface area is 72.2 Å². The minimum Gasteiger partial charge on any atom is -0.308 e. The molecule has 1 aromatic rings. The molecular weight excluding hydrogens is 152 g/mol. The molecule has 0 radical (unpaired) electrons. The van der Waals surface area contributed by atoms with Crippen LogP contribution >= 0.6 is 0 Å². The van der Waals surface area contributed by atoms with Crippen LogP contribution in [0.1, 0.15) is 31.3 Å². The molecule has 0 saturated carbocycles. The number of anilines is 1. The fourth-order valence-electron chi connectivity index (χ4n) is 0.960. The van der Waals surface area contributed by atoms with Crippen LogP contribution in [0, 0.1) is 6.92 Å². The number of aromatic nitrogens is 2. The average Bonchev–Trinajstić information content (AvgIpc) is 2.03. The Morgan fingerprint density at radius 3 is 2.58 bits per heavy atom. The van der Waals surface area contributed by atoms with Crippen LogP contribution in [0.25, 0.3) is 0 Å². The molecule has 0 aliphatic carbocycles. The predicted molar refractivity (Wildman–Crippen MR) is 48.7 cm³/mol. The highest BCUT2D eigenvalue weighted by atomic mass is 15.3. The Bertz CT molecular complexity index is 270. The third-order valence-electron chi connectivity index (χ3n) is 1.60. The van der Waals surface area contributed by atoms with E-state index in [9.17, 15) is 0 Å². The molecule has 0 aliphatic rings. The lowest BCUT2D eigenvalue weighted by molar-refractivity contribution is 0.802. The Kier molecular flexibility index (Phi) is 2.60. The zero-order chi connectivity index (χ0) is 9.14. The van der Waals surface area contributed by atoms with E-state index in [1.807, 2.05) is 13.0 Å². The number of hydrogen-bond acceptors (Lipinski definition) is 4. The van der Waals surface area contributed by atoms with Gasteiger partial charge in [-0.05, 0) is 12.8 Å². The van der Waals surface area contributed by atoms with Crippen molar-refractivity contribution in [2.45, 2.75) is 26.7 Å². The molecule has 1 rings (SSSR count). The quantitative estimate of drug-likeness (QED) is 0.511. The van der Waals surface area contributed by atoms with Gasteiger partial charge < -0.3 is 5.43 Å². The maximum atomic E-state index is 5.25. The van der Waals surface area contributed by atoms with Crippen molar-refractivity contribution < 1.29 is 0 Å². The molecule has 66 valence electrons. The topological polar surface area (TPSA) is 63.8 Å². The van der Waals surface area contributed by atoms with Gasteiger partial charge in [-0.25, -0.2) is 15.8 Å². The van der Waals surface area contributed by atoms with Crippen molar-refractivity contribution in [1.82, 2.24) is 9.97 Å². The lowest BCUT2D eigenvalue weighted by Gasteiger charge is -2.07. The highest BCUT2D eigenvalue weighted by molar-refractivity contribution is 5.35. The summed E-state index contributed by atoms with van der Waals surface area (Å²) in [4.78, 5) is 8.36. The molecule has 12 heavy (non-hydrogen) atoms. The van der Waals surface area contributed by atoms with E-state index in [0.29, 0.717) is 11.7 Å². The summed E-state index contributed by atoms with van der Waals surface area (Å²) < 4.78 is 0. The van der Waals surface area contributed by atoms with E-state index in [4.69, 9.17) is 5.84 Å². The number of hydrazine groups is 1. The lowest BCUT2D eigenvalue weighted by Crippen LogP contribution is -2.11. The van der Waals surface area contributed by atoms with Crippen LogP contribution in [0.5, 0.6) is 0 Å². The zero-order valence-corrected chi connectivity index (χ0v) is 7.63. The Morgan fingerprint density at radius 2 is 2.08 bits per heavy atom. The fourth-order valence-corrected chi connectivity index (χ4v) is 0.960. The van der Waals surface area contributed by atoms with Crippen molar-refractivity contribution >= 4 is 5.82 Å². The first-order valence-electron chi connectivity index (χ1n) is 3.95. The van der Waals surface area contributed by atoms with E-state index >= 15 is 0 Å². The third kappa shape index (κ3) is 1.92. The Balaban J connectivity index is 3.06. The fraction of sp³-hybridized carbons (Fsp3) is 0.500. The summed E-state index contributed by atoms with van der Waals surface area (Å²) in [5.74, 6) is 7.07. The number of aryl methyl sites for hydroxylation is 1. The molecule has 0 atom stereocenters. The van der Waals surface area contributed by atoms with Crippen LogP contribution in [0.4, 0.5) is 5.82 Å². The number of nitrogens with two attached hydrogens (primary N) is 1. The van der Waals surface area contributed by atoms with Gasteiger partial charge in [0.05, 0.1) is 0 Å². The van der Waals surface area contributed by atoms with Crippen molar-refractivity contribution in [3.8, 4) is 0 Å². The largest absolute Gasteiger partial charge is 0.308 e. The summed E-state index contributed by atoms with van der Waals surface area (Å²) in [6.07, 6.45) is 0. The van der Waals surface area contributed by atoms with E-state index in [0.717, 1.165) is 11.5 Å². The van der Waals surface area contributed by atoms with Gasteiger partial charge in [-0.2, -0.15) is 0 Å². The van der Waals surface area contributed by atoms with E-state index in [1.165, 1.54) is 0 Å². The van der Waals surface area contributed by atoms with Gasteiger partial charge in [-0.1, -0.05) is 13.8 Å². The van der Waals surface area contributed by atoms with Crippen molar-refractivity contribution in [1.29, 1.82) is 0 Å². The number of hydrogen-bond donors (Lipinski definition) is 2. The first-order chi connectivity index (χ1) is 5.63. The molecule has 0 aromatic carbocycles. The SMILES string of the molecule is Cc1nc(NN)cc(C(C)C)n1. The minimum atomic E-state index is 0.402. The zero-order valence-electron chi connectivity index (χ0n) is 7.63. The standard InChI is InChI=1S/C8H14N4/c1-5(2)7-4-8(12-9)11-6(3)10-7/h4-5H,9H2,1-3H3,(H,10,11,12). The van der Waals surface area contributed by atoms with Crippen molar-refractivity contribution in [3.63, 3.8) is 0 Å². The van der Waals surface area contributed by atoms with E-state index < -0.39 is 0 Å². The van der Waals surface area contributed by atoms with Gasteiger partial charge in [0.15, 0.2) is 0 Å². The minimum absolute atomic E-state index is 0.402. The van der Waals surface area contributed by atoms with Crippen LogP contribution in [-0.2, 0) is 0 Å². The van der Waals surface area contributed by atoms with Gasteiger partial charge in [0, 0.05) is 11.8 Å². The maximum Gasteiger partial charge on any atom is 0.143 e. The van der Waals surface area contributed by atoms with Gasteiger partial charge in [-0.15, -0.1) is 0 Å². The molecule has 0 aliphatic heterocycles. The van der Waals surface area contributed by atoms with Crippen LogP contribution in [-0.4, -0.2) is 9.97 Å². The highest BCUT2D eigenvalue weighted by Gasteiger charge is 2.03. The number of nitrogen functional groups attached to an aromatic ring is 1. The summed E-state index contributed by atoms with van der Waals surface area (Å²) >= 11 is 0. The second-order valence-electron chi connectivity index (χ2n) is 3.02. The van der Waals surface area contributed by atoms with Crippen LogP contribution < -0.4 is 11.3 Å². The van der Waals surface area contributed by atoms with E-state index in [1.54, 1.807) is 0 Å². The van der Waals surface area contributed by atoms with Crippen molar-refractivity contribution in [2.24, 2.45) is 5.84 Å². The van der Waals surface area contributed by atoms with Gasteiger partial charge in [0.1, 0.15) is 11.6 Å². The first-order valence-corrected chi connectivity index (χ1v) is 3.95. The predicted octanol–water partition coefficient (Wildman–Crippen LogP) is 1.19.